The standard InChI is InChI=1S/C23H28N2O3/c1-14-15(2)23-20(22(26)17(4)28-23)16(3)21(14)25-12-10-24(11-13-25)18-6-8-19(27-5)9-7-18/h6-9,26H,10-13H2,1-5H3. The van der Waals surface area contributed by atoms with Crippen molar-refractivity contribution in [3.8, 4) is 11.5 Å². The van der Waals surface area contributed by atoms with Crippen LogP contribution in [-0.4, -0.2) is 38.4 Å². The SMILES string of the molecule is COc1ccc(N2CCN(c3c(C)c(C)c4oc(C)c(O)c4c3C)CC2)cc1. The average molecular weight is 380 g/mol. The molecule has 1 N–H and O–H groups in total. The highest BCUT2D eigenvalue weighted by Crippen LogP contribution is 2.42. The number of furan rings is 1. The summed E-state index contributed by atoms with van der Waals surface area (Å²) in [5.74, 6) is 1.74. The van der Waals surface area contributed by atoms with Crippen LogP contribution in [0.5, 0.6) is 11.5 Å². The predicted molar refractivity (Wildman–Crippen MR) is 114 cm³/mol. The highest BCUT2D eigenvalue weighted by atomic mass is 16.5. The Hall–Kier alpha value is -2.82. The first-order valence-corrected chi connectivity index (χ1v) is 9.78. The fourth-order valence-electron chi connectivity index (χ4n) is 4.35. The van der Waals surface area contributed by atoms with E-state index in [1.165, 1.54) is 16.9 Å². The third kappa shape index (κ3) is 2.86. The maximum Gasteiger partial charge on any atom is 0.165 e. The second-order valence-corrected chi connectivity index (χ2v) is 7.61. The van der Waals surface area contributed by atoms with E-state index in [4.69, 9.17) is 9.15 Å². The molecule has 5 heteroatoms. The molecule has 4 rings (SSSR count). The van der Waals surface area contributed by atoms with Crippen LogP contribution in [0.25, 0.3) is 11.0 Å². The normalized spacial score (nSPS) is 14.8. The van der Waals surface area contributed by atoms with Gasteiger partial charge in [0.05, 0.1) is 12.5 Å². The second-order valence-electron chi connectivity index (χ2n) is 7.61. The Labute approximate surface area is 166 Å². The van der Waals surface area contributed by atoms with Crippen molar-refractivity contribution in [2.45, 2.75) is 27.7 Å². The zero-order chi connectivity index (χ0) is 20.0. The Morgan fingerprint density at radius 3 is 2.07 bits per heavy atom. The van der Waals surface area contributed by atoms with E-state index in [0.29, 0.717) is 5.76 Å². The lowest BCUT2D eigenvalue weighted by Crippen LogP contribution is -2.47. The van der Waals surface area contributed by atoms with E-state index in [9.17, 15) is 5.11 Å². The number of aromatic hydroxyl groups is 1. The molecule has 1 aromatic heterocycles. The molecular formula is C23H28N2O3. The van der Waals surface area contributed by atoms with Gasteiger partial charge in [-0.3, -0.25) is 0 Å². The van der Waals surface area contributed by atoms with Crippen molar-refractivity contribution in [2.24, 2.45) is 0 Å². The number of ether oxygens (including phenoxy) is 1. The fraction of sp³-hybridized carbons (Fsp3) is 0.391. The van der Waals surface area contributed by atoms with Gasteiger partial charge in [-0.1, -0.05) is 0 Å². The van der Waals surface area contributed by atoms with Crippen molar-refractivity contribution >= 4 is 22.3 Å². The molecule has 2 aromatic carbocycles. The van der Waals surface area contributed by atoms with Crippen molar-refractivity contribution < 1.29 is 14.3 Å². The lowest BCUT2D eigenvalue weighted by molar-refractivity contribution is 0.415. The highest BCUT2D eigenvalue weighted by molar-refractivity contribution is 5.96. The van der Waals surface area contributed by atoms with Crippen LogP contribution in [0.2, 0.25) is 0 Å². The van der Waals surface area contributed by atoms with Crippen LogP contribution in [0.3, 0.4) is 0 Å². The van der Waals surface area contributed by atoms with Crippen LogP contribution in [0, 0.1) is 27.7 Å². The van der Waals surface area contributed by atoms with E-state index in [1.807, 2.05) is 19.1 Å². The topological polar surface area (TPSA) is 49.1 Å². The summed E-state index contributed by atoms with van der Waals surface area (Å²) in [5, 5.41) is 11.4. The number of hydrogen-bond donors (Lipinski definition) is 1. The summed E-state index contributed by atoms with van der Waals surface area (Å²) < 4.78 is 11.1. The number of rotatable bonds is 3. The second kappa shape index (κ2) is 6.97. The molecule has 0 saturated carbocycles. The number of anilines is 2. The van der Waals surface area contributed by atoms with Gasteiger partial charge in [-0.25, -0.2) is 0 Å². The molecule has 0 aliphatic carbocycles. The molecule has 0 atom stereocenters. The molecule has 2 heterocycles. The number of aryl methyl sites for hydroxylation is 3. The number of hydrogen-bond acceptors (Lipinski definition) is 5. The van der Waals surface area contributed by atoms with Crippen molar-refractivity contribution in [1.29, 1.82) is 0 Å². The van der Waals surface area contributed by atoms with Crippen molar-refractivity contribution in [3.05, 3.63) is 46.7 Å². The summed E-state index contributed by atoms with van der Waals surface area (Å²) in [6.45, 7) is 11.9. The summed E-state index contributed by atoms with van der Waals surface area (Å²) in [5.41, 5.74) is 6.71. The summed E-state index contributed by atoms with van der Waals surface area (Å²) in [6, 6.07) is 8.26. The van der Waals surface area contributed by atoms with Crippen LogP contribution in [0.1, 0.15) is 22.5 Å². The fourth-order valence-corrected chi connectivity index (χ4v) is 4.35. The Morgan fingerprint density at radius 1 is 0.857 bits per heavy atom. The van der Waals surface area contributed by atoms with Crippen LogP contribution in [-0.2, 0) is 0 Å². The monoisotopic (exact) mass is 380 g/mol. The maximum absolute atomic E-state index is 10.5. The van der Waals surface area contributed by atoms with Gasteiger partial charge in [-0.05, 0) is 68.7 Å². The van der Waals surface area contributed by atoms with Gasteiger partial charge < -0.3 is 24.1 Å². The van der Waals surface area contributed by atoms with Gasteiger partial charge in [0.2, 0.25) is 0 Å². The minimum absolute atomic E-state index is 0.272. The van der Waals surface area contributed by atoms with Crippen LogP contribution in [0.15, 0.2) is 28.7 Å². The largest absolute Gasteiger partial charge is 0.504 e. The minimum atomic E-state index is 0.272. The van der Waals surface area contributed by atoms with Gasteiger partial charge in [0, 0.05) is 37.6 Å². The Kier molecular flexibility index (Phi) is 4.61. The molecule has 1 fully saturated rings. The molecule has 0 unspecified atom stereocenters. The smallest absolute Gasteiger partial charge is 0.165 e. The first kappa shape index (κ1) is 18.5. The molecule has 28 heavy (non-hydrogen) atoms. The molecule has 3 aromatic rings. The average Bonchev–Trinajstić information content (AvgIpc) is 3.02. The highest BCUT2D eigenvalue weighted by Gasteiger charge is 2.25. The maximum atomic E-state index is 10.5. The van der Waals surface area contributed by atoms with Crippen molar-refractivity contribution in [3.63, 3.8) is 0 Å². The van der Waals surface area contributed by atoms with E-state index >= 15 is 0 Å². The van der Waals surface area contributed by atoms with E-state index in [-0.39, 0.29) is 5.75 Å². The zero-order valence-corrected chi connectivity index (χ0v) is 17.3. The van der Waals surface area contributed by atoms with E-state index in [1.54, 1.807) is 7.11 Å². The lowest BCUT2D eigenvalue weighted by Gasteiger charge is -2.39. The molecule has 1 aliphatic heterocycles. The van der Waals surface area contributed by atoms with E-state index < -0.39 is 0 Å². The van der Waals surface area contributed by atoms with Crippen molar-refractivity contribution in [2.75, 3.05) is 43.1 Å². The number of nitrogens with zero attached hydrogens (tertiary/aromatic N) is 2. The van der Waals surface area contributed by atoms with E-state index in [2.05, 4.69) is 42.7 Å². The van der Waals surface area contributed by atoms with Gasteiger partial charge in [0.1, 0.15) is 17.1 Å². The van der Waals surface area contributed by atoms with Gasteiger partial charge in [0.25, 0.3) is 0 Å². The molecule has 0 spiro atoms. The summed E-state index contributed by atoms with van der Waals surface area (Å²) in [4.78, 5) is 4.85. The number of methoxy groups -OCH3 is 1. The molecule has 0 amide bonds. The lowest BCUT2D eigenvalue weighted by atomic mass is 9.97. The third-order valence-corrected chi connectivity index (χ3v) is 6.07. The minimum Gasteiger partial charge on any atom is -0.504 e. The first-order valence-electron chi connectivity index (χ1n) is 9.78. The Morgan fingerprint density at radius 2 is 1.46 bits per heavy atom. The quantitative estimate of drug-likeness (QED) is 0.713. The molecule has 5 nitrogen and oxygen atoms in total. The predicted octanol–water partition coefficient (Wildman–Crippen LogP) is 4.71. The van der Waals surface area contributed by atoms with Gasteiger partial charge >= 0.3 is 0 Å². The summed E-state index contributed by atoms with van der Waals surface area (Å²) >= 11 is 0. The summed E-state index contributed by atoms with van der Waals surface area (Å²) in [7, 11) is 1.69. The van der Waals surface area contributed by atoms with Gasteiger partial charge in [-0.2, -0.15) is 0 Å². The van der Waals surface area contributed by atoms with Gasteiger partial charge in [-0.15, -0.1) is 0 Å². The zero-order valence-electron chi connectivity index (χ0n) is 17.3. The molecule has 0 bridgehead atoms. The van der Waals surface area contributed by atoms with Gasteiger partial charge in [0.15, 0.2) is 5.75 Å². The first-order chi connectivity index (χ1) is 13.4. The number of benzene rings is 2. The molecule has 1 aliphatic rings. The third-order valence-electron chi connectivity index (χ3n) is 6.07. The number of piperazine rings is 1. The number of fused-ring (bicyclic) bond motifs is 1. The molecule has 1 saturated heterocycles. The van der Waals surface area contributed by atoms with Crippen LogP contribution >= 0.6 is 0 Å². The Balaban J connectivity index is 1.62. The molecule has 0 radical (unpaired) electrons. The molecule has 148 valence electrons. The summed E-state index contributed by atoms with van der Waals surface area (Å²) in [6.07, 6.45) is 0. The van der Waals surface area contributed by atoms with E-state index in [0.717, 1.165) is 54.0 Å². The molecular weight excluding hydrogens is 352 g/mol. The van der Waals surface area contributed by atoms with Crippen LogP contribution in [0.4, 0.5) is 11.4 Å². The van der Waals surface area contributed by atoms with Crippen LogP contribution < -0.4 is 14.5 Å². The van der Waals surface area contributed by atoms with Crippen molar-refractivity contribution in [1.82, 2.24) is 0 Å². The Bertz CT molecular complexity index is 1010.